The predicted octanol–water partition coefficient (Wildman–Crippen LogP) is 5.09. The van der Waals surface area contributed by atoms with Gasteiger partial charge in [-0.1, -0.05) is 49.2 Å². The van der Waals surface area contributed by atoms with E-state index in [0.29, 0.717) is 22.2 Å². The molecule has 0 saturated heterocycles. The van der Waals surface area contributed by atoms with Crippen LogP contribution in [0.1, 0.15) is 39.2 Å². The van der Waals surface area contributed by atoms with Crippen molar-refractivity contribution in [3.05, 3.63) is 64.1 Å². The smallest absolute Gasteiger partial charge is 0.261 e. The van der Waals surface area contributed by atoms with E-state index in [1.54, 1.807) is 41.3 Å². The highest BCUT2D eigenvalue weighted by atomic mass is 35.5. The number of hydrogen-bond acceptors (Lipinski definition) is 3. The van der Waals surface area contributed by atoms with Crippen molar-refractivity contribution < 1.29 is 14.3 Å². The minimum Gasteiger partial charge on any atom is -0.484 e. The third-order valence-electron chi connectivity index (χ3n) is 4.83. The van der Waals surface area contributed by atoms with Crippen molar-refractivity contribution in [3.8, 4) is 5.75 Å². The Bertz CT molecular complexity index is 825. The van der Waals surface area contributed by atoms with Crippen LogP contribution in [-0.2, 0) is 16.1 Å². The number of rotatable bonds is 10. The average molecular weight is 451 g/mol. The van der Waals surface area contributed by atoms with Crippen LogP contribution in [-0.4, -0.2) is 35.4 Å². The maximum atomic E-state index is 13.1. The summed E-state index contributed by atoms with van der Waals surface area (Å²) >= 11 is 11.9. The summed E-state index contributed by atoms with van der Waals surface area (Å²) in [6, 6.07) is 13.5. The Hall–Kier alpha value is -2.24. The highest BCUT2D eigenvalue weighted by Crippen LogP contribution is 2.18. The van der Waals surface area contributed by atoms with Gasteiger partial charge < -0.3 is 15.0 Å². The van der Waals surface area contributed by atoms with Gasteiger partial charge in [-0.2, -0.15) is 0 Å². The lowest BCUT2D eigenvalue weighted by Crippen LogP contribution is -2.51. The highest BCUT2D eigenvalue weighted by Gasteiger charge is 2.29. The van der Waals surface area contributed by atoms with E-state index in [0.717, 1.165) is 12.0 Å². The zero-order valence-electron chi connectivity index (χ0n) is 17.5. The number of hydrogen-bond donors (Lipinski definition) is 1. The van der Waals surface area contributed by atoms with Gasteiger partial charge in [0.25, 0.3) is 5.91 Å². The number of amides is 2. The summed E-state index contributed by atoms with van der Waals surface area (Å²) in [6.45, 7) is 5.94. The molecule has 2 aromatic rings. The molecular formula is C23H28Cl2N2O3. The standard InChI is InChI=1S/C23H28Cl2N2O3/c1-4-16(3)26-23(29)21(5-2)27(14-17-6-8-18(24)9-7-17)22(28)15-30-20-12-10-19(25)11-13-20/h6-13,16,21H,4-5,14-15H2,1-3H3,(H,26,29)/t16-,21-/m1/s1. The van der Waals surface area contributed by atoms with E-state index in [4.69, 9.17) is 27.9 Å². The second-order valence-electron chi connectivity index (χ2n) is 7.13. The number of carbonyl (C=O) groups is 2. The molecule has 0 fully saturated rings. The van der Waals surface area contributed by atoms with Gasteiger partial charge in [-0.3, -0.25) is 9.59 Å². The summed E-state index contributed by atoms with van der Waals surface area (Å²) in [7, 11) is 0. The molecule has 0 spiro atoms. The molecule has 0 unspecified atom stereocenters. The molecule has 30 heavy (non-hydrogen) atoms. The topological polar surface area (TPSA) is 58.6 Å². The van der Waals surface area contributed by atoms with Gasteiger partial charge in [0.05, 0.1) is 0 Å². The third kappa shape index (κ3) is 7.22. The minimum atomic E-state index is -0.601. The summed E-state index contributed by atoms with van der Waals surface area (Å²) in [6.07, 6.45) is 1.30. The molecule has 0 aliphatic heterocycles. The van der Waals surface area contributed by atoms with Crippen molar-refractivity contribution in [2.45, 2.75) is 52.2 Å². The summed E-state index contributed by atoms with van der Waals surface area (Å²) in [4.78, 5) is 27.5. The Balaban J connectivity index is 2.19. The van der Waals surface area contributed by atoms with Gasteiger partial charge in [-0.25, -0.2) is 0 Å². The van der Waals surface area contributed by atoms with Gasteiger partial charge in [-0.05, 0) is 61.7 Å². The molecule has 0 aliphatic carbocycles. The van der Waals surface area contributed by atoms with Crippen LogP contribution in [0.3, 0.4) is 0 Å². The van der Waals surface area contributed by atoms with Gasteiger partial charge in [0.1, 0.15) is 11.8 Å². The van der Waals surface area contributed by atoms with Crippen molar-refractivity contribution in [1.29, 1.82) is 0 Å². The SMILES string of the molecule is CC[C@@H](C)NC(=O)[C@@H](CC)N(Cc1ccc(Cl)cc1)C(=O)COc1ccc(Cl)cc1. The maximum absolute atomic E-state index is 13.1. The Labute approximate surface area is 188 Å². The van der Waals surface area contributed by atoms with Gasteiger partial charge in [0.15, 0.2) is 6.61 Å². The van der Waals surface area contributed by atoms with Crippen LogP contribution in [0.15, 0.2) is 48.5 Å². The second-order valence-corrected chi connectivity index (χ2v) is 8.01. The maximum Gasteiger partial charge on any atom is 0.261 e. The van der Waals surface area contributed by atoms with Crippen molar-refractivity contribution in [3.63, 3.8) is 0 Å². The van der Waals surface area contributed by atoms with E-state index in [9.17, 15) is 9.59 Å². The first-order valence-corrected chi connectivity index (χ1v) is 10.8. The van der Waals surface area contributed by atoms with E-state index in [-0.39, 0.29) is 31.0 Å². The summed E-state index contributed by atoms with van der Waals surface area (Å²) in [5.74, 6) is 0.100. The molecule has 5 nitrogen and oxygen atoms in total. The quantitative estimate of drug-likeness (QED) is 0.547. The van der Waals surface area contributed by atoms with E-state index >= 15 is 0 Å². The number of nitrogens with zero attached hydrogens (tertiary/aromatic N) is 1. The van der Waals surface area contributed by atoms with Crippen LogP contribution in [0, 0.1) is 0 Å². The Kier molecular flexibility index (Phi) is 9.47. The molecule has 0 aliphatic rings. The minimum absolute atomic E-state index is 0.0318. The Morgan fingerprint density at radius 1 is 0.967 bits per heavy atom. The van der Waals surface area contributed by atoms with E-state index in [2.05, 4.69) is 5.32 Å². The predicted molar refractivity (Wildman–Crippen MR) is 121 cm³/mol. The molecule has 2 amide bonds. The third-order valence-corrected chi connectivity index (χ3v) is 5.33. The fourth-order valence-electron chi connectivity index (χ4n) is 2.91. The summed E-state index contributed by atoms with van der Waals surface area (Å²) in [5, 5.41) is 4.19. The molecule has 0 radical (unpaired) electrons. The van der Waals surface area contributed by atoms with Crippen LogP contribution in [0.2, 0.25) is 10.0 Å². The van der Waals surface area contributed by atoms with E-state index in [1.165, 1.54) is 0 Å². The number of carbonyl (C=O) groups excluding carboxylic acids is 2. The molecule has 0 saturated carbocycles. The molecule has 162 valence electrons. The molecule has 2 rings (SSSR count). The molecule has 1 N–H and O–H groups in total. The van der Waals surface area contributed by atoms with E-state index in [1.807, 2.05) is 32.9 Å². The lowest BCUT2D eigenvalue weighted by Gasteiger charge is -2.31. The van der Waals surface area contributed by atoms with Crippen LogP contribution in [0.25, 0.3) is 0 Å². The molecule has 7 heteroatoms. The van der Waals surface area contributed by atoms with Crippen molar-refractivity contribution >= 4 is 35.0 Å². The monoisotopic (exact) mass is 450 g/mol. The van der Waals surface area contributed by atoms with Gasteiger partial charge in [0, 0.05) is 22.6 Å². The van der Waals surface area contributed by atoms with Crippen LogP contribution < -0.4 is 10.1 Å². The Morgan fingerprint density at radius 2 is 1.53 bits per heavy atom. The van der Waals surface area contributed by atoms with Crippen LogP contribution in [0.5, 0.6) is 5.75 Å². The van der Waals surface area contributed by atoms with E-state index < -0.39 is 6.04 Å². The van der Waals surface area contributed by atoms with Crippen LogP contribution in [0.4, 0.5) is 0 Å². The number of halogens is 2. The second kappa shape index (κ2) is 11.8. The first-order chi connectivity index (χ1) is 14.3. The Morgan fingerprint density at radius 3 is 2.07 bits per heavy atom. The molecule has 0 aromatic heterocycles. The van der Waals surface area contributed by atoms with Crippen molar-refractivity contribution in [2.75, 3.05) is 6.61 Å². The lowest BCUT2D eigenvalue weighted by molar-refractivity contribution is -0.143. The number of nitrogens with one attached hydrogen (secondary N) is 1. The largest absolute Gasteiger partial charge is 0.484 e. The van der Waals surface area contributed by atoms with Crippen LogP contribution >= 0.6 is 23.2 Å². The summed E-state index contributed by atoms with van der Waals surface area (Å²) < 4.78 is 5.63. The highest BCUT2D eigenvalue weighted by molar-refractivity contribution is 6.30. The lowest BCUT2D eigenvalue weighted by atomic mass is 10.1. The fraction of sp³-hybridized carbons (Fsp3) is 0.391. The first kappa shape index (κ1) is 24.0. The summed E-state index contributed by atoms with van der Waals surface area (Å²) in [5.41, 5.74) is 0.883. The normalized spacial score (nSPS) is 12.7. The van der Waals surface area contributed by atoms with Gasteiger partial charge in [0.2, 0.25) is 5.91 Å². The molecule has 2 aromatic carbocycles. The van der Waals surface area contributed by atoms with Gasteiger partial charge >= 0.3 is 0 Å². The molecule has 2 atom stereocenters. The zero-order valence-corrected chi connectivity index (χ0v) is 19.0. The number of benzene rings is 2. The average Bonchev–Trinajstić information content (AvgIpc) is 2.74. The van der Waals surface area contributed by atoms with Crippen molar-refractivity contribution in [1.82, 2.24) is 10.2 Å². The molecular weight excluding hydrogens is 423 g/mol. The number of ether oxygens (including phenoxy) is 1. The fourth-order valence-corrected chi connectivity index (χ4v) is 3.16. The zero-order chi connectivity index (χ0) is 22.1. The first-order valence-electron chi connectivity index (χ1n) is 10.1. The van der Waals surface area contributed by atoms with Gasteiger partial charge in [-0.15, -0.1) is 0 Å². The molecule has 0 heterocycles. The molecule has 0 bridgehead atoms. The van der Waals surface area contributed by atoms with Crippen molar-refractivity contribution in [2.24, 2.45) is 0 Å².